The van der Waals surface area contributed by atoms with Crippen LogP contribution in [-0.4, -0.2) is 17.8 Å². The van der Waals surface area contributed by atoms with Crippen molar-refractivity contribution < 1.29 is 9.47 Å². The van der Waals surface area contributed by atoms with Gasteiger partial charge in [-0.2, -0.15) is 15.8 Å². The van der Waals surface area contributed by atoms with Crippen molar-refractivity contribution >= 4 is 5.90 Å². The number of nitrogens with one attached hydrogen (secondary N) is 1. The molecule has 3 aliphatic heterocycles. The highest BCUT2D eigenvalue weighted by Gasteiger charge is 2.77. The molecular formula is C14H16N4O2. The van der Waals surface area contributed by atoms with Gasteiger partial charge in [0.1, 0.15) is 0 Å². The van der Waals surface area contributed by atoms with E-state index in [1.807, 2.05) is 32.1 Å². The van der Waals surface area contributed by atoms with E-state index >= 15 is 0 Å². The molecule has 20 heavy (non-hydrogen) atoms. The van der Waals surface area contributed by atoms with Crippen molar-refractivity contribution in [2.24, 2.45) is 22.7 Å². The van der Waals surface area contributed by atoms with E-state index in [4.69, 9.17) is 14.9 Å². The zero-order chi connectivity index (χ0) is 15.3. The summed E-state index contributed by atoms with van der Waals surface area (Å²) in [7, 11) is 0. The number of hydrogen-bond acceptors (Lipinski definition) is 6. The van der Waals surface area contributed by atoms with Crippen LogP contribution >= 0.6 is 0 Å². The van der Waals surface area contributed by atoms with Crippen LogP contribution in [0.4, 0.5) is 0 Å². The molecule has 3 heterocycles. The fourth-order valence-electron chi connectivity index (χ4n) is 3.34. The third-order valence-corrected chi connectivity index (χ3v) is 4.64. The lowest BCUT2D eigenvalue weighted by molar-refractivity contribution is -0.342. The van der Waals surface area contributed by atoms with E-state index in [9.17, 15) is 15.8 Å². The van der Waals surface area contributed by atoms with Crippen molar-refractivity contribution in [3.05, 3.63) is 0 Å². The van der Waals surface area contributed by atoms with E-state index in [1.165, 1.54) is 0 Å². The van der Waals surface area contributed by atoms with Crippen molar-refractivity contribution in [2.45, 2.75) is 39.6 Å². The standard InChI is InChI=1S/C14H16N4O2/c1-8(2)10-14(7-17)11(18)20-12(4,19-10)9(3)13(14,5-15)6-16/h8-10,18H,1-4H3/t9-,10-,12-,14-/m1/s1. The number of rotatable bonds is 1. The van der Waals surface area contributed by atoms with Crippen LogP contribution in [0.3, 0.4) is 0 Å². The molecule has 3 aliphatic rings. The van der Waals surface area contributed by atoms with Crippen LogP contribution in [0.2, 0.25) is 0 Å². The molecule has 2 bridgehead atoms. The molecule has 104 valence electrons. The molecule has 0 saturated carbocycles. The van der Waals surface area contributed by atoms with Gasteiger partial charge in [-0.3, -0.25) is 5.41 Å². The van der Waals surface area contributed by atoms with Crippen LogP contribution in [0, 0.1) is 62.1 Å². The zero-order valence-electron chi connectivity index (χ0n) is 11.9. The second-order valence-electron chi connectivity index (χ2n) is 5.90. The summed E-state index contributed by atoms with van der Waals surface area (Å²) in [6.45, 7) is 6.95. The summed E-state index contributed by atoms with van der Waals surface area (Å²) in [6.07, 6.45) is -0.728. The SMILES string of the molecule is CC(C)[C@H]1O[C@]2(C)OC(=N)[C@]1(C#N)C(C#N)(C#N)[C@@H]2C. The van der Waals surface area contributed by atoms with Crippen LogP contribution in [0.25, 0.3) is 0 Å². The van der Waals surface area contributed by atoms with Crippen molar-refractivity contribution in [2.75, 3.05) is 0 Å². The van der Waals surface area contributed by atoms with E-state index in [-0.39, 0.29) is 11.8 Å². The van der Waals surface area contributed by atoms with E-state index in [0.717, 1.165) is 0 Å². The monoisotopic (exact) mass is 272 g/mol. The van der Waals surface area contributed by atoms with E-state index in [2.05, 4.69) is 0 Å². The van der Waals surface area contributed by atoms with Gasteiger partial charge in [0.25, 0.3) is 0 Å². The molecule has 3 rings (SSSR count). The van der Waals surface area contributed by atoms with Gasteiger partial charge in [-0.15, -0.1) is 0 Å². The Kier molecular flexibility index (Phi) is 2.82. The largest absolute Gasteiger partial charge is 0.448 e. The summed E-state index contributed by atoms with van der Waals surface area (Å²) in [4.78, 5) is 0. The van der Waals surface area contributed by atoms with Gasteiger partial charge in [0.05, 0.1) is 30.2 Å². The lowest BCUT2D eigenvalue weighted by Crippen LogP contribution is -2.74. The Labute approximate surface area is 118 Å². The molecule has 0 unspecified atom stereocenters. The van der Waals surface area contributed by atoms with Gasteiger partial charge in [-0.25, -0.2) is 0 Å². The fraction of sp³-hybridized carbons (Fsp3) is 0.714. The first-order valence-electron chi connectivity index (χ1n) is 6.45. The van der Waals surface area contributed by atoms with E-state index < -0.39 is 28.6 Å². The maximum atomic E-state index is 9.70. The van der Waals surface area contributed by atoms with Crippen molar-refractivity contribution in [3.63, 3.8) is 0 Å². The molecule has 0 aromatic rings. The van der Waals surface area contributed by atoms with Crippen LogP contribution in [-0.2, 0) is 9.47 Å². The Hall–Kier alpha value is -2.10. The number of hydrogen-bond donors (Lipinski definition) is 1. The molecular weight excluding hydrogens is 256 g/mol. The predicted octanol–water partition coefficient (Wildman–Crippen LogP) is 1.94. The van der Waals surface area contributed by atoms with Crippen molar-refractivity contribution in [3.8, 4) is 18.2 Å². The summed E-state index contributed by atoms with van der Waals surface area (Å²) in [6, 6.07) is 6.00. The first-order chi connectivity index (χ1) is 9.25. The molecule has 6 heteroatoms. The Bertz CT molecular complexity index is 580. The summed E-state index contributed by atoms with van der Waals surface area (Å²) in [5.74, 6) is -2.36. The maximum absolute atomic E-state index is 9.70. The molecule has 3 saturated heterocycles. The molecule has 1 N–H and O–H groups in total. The molecule has 0 radical (unpaired) electrons. The van der Waals surface area contributed by atoms with E-state index in [0.29, 0.717) is 0 Å². The zero-order valence-corrected chi connectivity index (χ0v) is 11.9. The molecule has 0 aromatic carbocycles. The van der Waals surface area contributed by atoms with Gasteiger partial charge in [-0.1, -0.05) is 20.8 Å². The quantitative estimate of drug-likeness (QED) is 0.783. The highest BCUT2D eigenvalue weighted by molar-refractivity contribution is 5.88. The maximum Gasteiger partial charge on any atom is 0.214 e. The van der Waals surface area contributed by atoms with Gasteiger partial charge in [0, 0.05) is 6.92 Å². The summed E-state index contributed by atoms with van der Waals surface area (Å²) in [5.41, 5.74) is -3.35. The van der Waals surface area contributed by atoms with Gasteiger partial charge in [0.15, 0.2) is 10.8 Å². The number of ether oxygens (including phenoxy) is 2. The van der Waals surface area contributed by atoms with Gasteiger partial charge in [-0.05, 0) is 5.92 Å². The lowest BCUT2D eigenvalue weighted by atomic mass is 9.50. The average Bonchev–Trinajstić information content (AvgIpc) is 2.40. The van der Waals surface area contributed by atoms with Crippen molar-refractivity contribution in [1.82, 2.24) is 0 Å². The minimum absolute atomic E-state index is 0.133. The molecule has 0 aromatic heterocycles. The highest BCUT2D eigenvalue weighted by Crippen LogP contribution is 2.62. The molecule has 4 atom stereocenters. The summed E-state index contributed by atoms with van der Waals surface area (Å²) in [5, 5.41) is 37.1. The normalized spacial score (nSPS) is 41.4. The third kappa shape index (κ3) is 1.22. The number of nitrogens with zero attached hydrogens (tertiary/aromatic N) is 3. The molecule has 0 aliphatic carbocycles. The summed E-state index contributed by atoms with van der Waals surface area (Å²) >= 11 is 0. The van der Waals surface area contributed by atoms with Crippen LogP contribution < -0.4 is 0 Å². The van der Waals surface area contributed by atoms with Gasteiger partial charge < -0.3 is 9.47 Å². The van der Waals surface area contributed by atoms with Gasteiger partial charge >= 0.3 is 0 Å². The predicted molar refractivity (Wildman–Crippen MR) is 67.8 cm³/mol. The second kappa shape index (κ2) is 3.95. The van der Waals surface area contributed by atoms with Crippen LogP contribution in [0.5, 0.6) is 0 Å². The molecule has 0 amide bonds. The lowest BCUT2D eigenvalue weighted by Gasteiger charge is -2.61. The average molecular weight is 272 g/mol. The highest BCUT2D eigenvalue weighted by atomic mass is 16.7. The molecule has 6 nitrogen and oxygen atoms in total. The topological polar surface area (TPSA) is 114 Å². The van der Waals surface area contributed by atoms with E-state index in [1.54, 1.807) is 13.8 Å². The fourth-order valence-corrected chi connectivity index (χ4v) is 3.34. The molecule has 0 spiro atoms. The number of nitriles is 3. The number of fused-ring (bicyclic) bond motifs is 3. The molecule has 3 fully saturated rings. The summed E-state index contributed by atoms with van der Waals surface area (Å²) < 4.78 is 11.3. The smallest absolute Gasteiger partial charge is 0.214 e. The van der Waals surface area contributed by atoms with Crippen LogP contribution in [0.15, 0.2) is 0 Å². The Morgan fingerprint density at radius 1 is 1.20 bits per heavy atom. The Morgan fingerprint density at radius 2 is 1.75 bits per heavy atom. The van der Waals surface area contributed by atoms with Crippen LogP contribution in [0.1, 0.15) is 27.7 Å². The van der Waals surface area contributed by atoms with Gasteiger partial charge in [0.2, 0.25) is 11.7 Å². The minimum Gasteiger partial charge on any atom is -0.448 e. The first kappa shape index (κ1) is 14.3. The Balaban J connectivity index is 2.83. The minimum atomic E-state index is -1.69. The van der Waals surface area contributed by atoms with Crippen molar-refractivity contribution in [1.29, 1.82) is 21.2 Å². The first-order valence-corrected chi connectivity index (χ1v) is 6.45. The third-order valence-electron chi connectivity index (χ3n) is 4.64. The second-order valence-corrected chi connectivity index (χ2v) is 5.90. The Morgan fingerprint density at radius 3 is 2.15 bits per heavy atom.